The van der Waals surface area contributed by atoms with Gasteiger partial charge in [0.25, 0.3) is 0 Å². The van der Waals surface area contributed by atoms with Crippen molar-refractivity contribution in [3.05, 3.63) is 107 Å². The van der Waals surface area contributed by atoms with Crippen molar-refractivity contribution in [3.63, 3.8) is 0 Å². The summed E-state index contributed by atoms with van der Waals surface area (Å²) >= 11 is 5.81. The third-order valence-electron chi connectivity index (χ3n) is 6.38. The summed E-state index contributed by atoms with van der Waals surface area (Å²) in [5, 5.41) is 4.05. The highest BCUT2D eigenvalue weighted by molar-refractivity contribution is 7.80. The zero-order valence-corrected chi connectivity index (χ0v) is 20.5. The summed E-state index contributed by atoms with van der Waals surface area (Å²) in [7, 11) is 1.37. The minimum absolute atomic E-state index is 0.222. The van der Waals surface area contributed by atoms with Crippen molar-refractivity contribution in [2.45, 2.75) is 25.9 Å². The first-order valence-electron chi connectivity index (χ1n) is 11.3. The summed E-state index contributed by atoms with van der Waals surface area (Å²) in [6, 6.07) is 22.7. The van der Waals surface area contributed by atoms with Crippen molar-refractivity contribution in [1.29, 1.82) is 0 Å². The summed E-state index contributed by atoms with van der Waals surface area (Å²) < 4.78 is 11.4. The fraction of sp³-hybridized carbons (Fsp3) is 0.179. The van der Waals surface area contributed by atoms with Crippen LogP contribution in [0.25, 0.3) is 11.3 Å². The van der Waals surface area contributed by atoms with Crippen LogP contribution in [0.4, 0.5) is 5.69 Å². The number of furan rings is 1. The average molecular weight is 484 g/mol. The SMILES string of the molecule is COC(=O)c1ccccc1-c1ccc([C@@H]2[C@@H](c3ccccn3)NC(=S)N2c2ccc(C)c(C)c2)o1. The number of hydrogen-bond acceptors (Lipinski definition) is 5. The molecule has 1 N–H and O–H groups in total. The molecule has 1 aliphatic rings. The Bertz CT molecular complexity index is 1400. The zero-order valence-electron chi connectivity index (χ0n) is 19.7. The molecule has 6 nitrogen and oxygen atoms in total. The van der Waals surface area contributed by atoms with Gasteiger partial charge in [-0.25, -0.2) is 4.79 Å². The smallest absolute Gasteiger partial charge is 0.338 e. The van der Waals surface area contributed by atoms with Crippen molar-refractivity contribution in [1.82, 2.24) is 10.3 Å². The summed E-state index contributed by atoms with van der Waals surface area (Å²) in [5.74, 6) is 0.880. The quantitative estimate of drug-likeness (QED) is 0.279. The largest absolute Gasteiger partial charge is 0.465 e. The number of thiocarbonyl (C=S) groups is 1. The molecule has 4 aromatic rings. The van der Waals surface area contributed by atoms with E-state index >= 15 is 0 Å². The zero-order chi connectivity index (χ0) is 24.5. The van der Waals surface area contributed by atoms with E-state index in [0.717, 1.165) is 11.4 Å². The highest BCUT2D eigenvalue weighted by atomic mass is 32.1. The van der Waals surface area contributed by atoms with Crippen LogP contribution in [0, 0.1) is 13.8 Å². The van der Waals surface area contributed by atoms with Crippen LogP contribution in [0.5, 0.6) is 0 Å². The van der Waals surface area contributed by atoms with Gasteiger partial charge in [-0.3, -0.25) is 4.98 Å². The molecule has 0 bridgehead atoms. The third kappa shape index (κ3) is 4.19. The van der Waals surface area contributed by atoms with Crippen LogP contribution in [0.2, 0.25) is 0 Å². The molecule has 0 unspecified atom stereocenters. The lowest BCUT2D eigenvalue weighted by atomic mass is 10.0. The first-order chi connectivity index (χ1) is 17.0. The molecule has 5 rings (SSSR count). The number of carbonyl (C=O) groups excluding carboxylic acids is 1. The van der Waals surface area contributed by atoms with Gasteiger partial charge in [0.2, 0.25) is 0 Å². The van der Waals surface area contributed by atoms with Gasteiger partial charge in [-0.1, -0.05) is 30.3 Å². The van der Waals surface area contributed by atoms with Crippen LogP contribution in [0.3, 0.4) is 0 Å². The van der Waals surface area contributed by atoms with Crippen LogP contribution in [-0.4, -0.2) is 23.2 Å². The van der Waals surface area contributed by atoms with Gasteiger partial charge in [-0.2, -0.15) is 0 Å². The standard InChI is InChI=1S/C28H25N3O3S/c1-17-11-12-19(16-18(17)2)31-26(25(30-28(31)35)22-10-6-7-15-29-22)24-14-13-23(34-24)20-8-4-5-9-21(20)27(32)33-3/h4-16,25-26H,1-3H3,(H,30,35)/t25-,26-/m1/s1. The second kappa shape index (κ2) is 9.35. The molecule has 7 heteroatoms. The van der Waals surface area contributed by atoms with Gasteiger partial charge in [0.05, 0.1) is 24.4 Å². The van der Waals surface area contributed by atoms with Crippen molar-refractivity contribution in [2.75, 3.05) is 12.0 Å². The van der Waals surface area contributed by atoms with E-state index in [0.29, 0.717) is 27.8 Å². The Morgan fingerprint density at radius 3 is 2.57 bits per heavy atom. The number of anilines is 1. The minimum atomic E-state index is -0.412. The summed E-state index contributed by atoms with van der Waals surface area (Å²) in [4.78, 5) is 19.0. The molecular formula is C28H25N3O3S. The van der Waals surface area contributed by atoms with Gasteiger partial charge in [0, 0.05) is 17.4 Å². The topological polar surface area (TPSA) is 67.6 Å². The maximum atomic E-state index is 12.3. The molecule has 35 heavy (non-hydrogen) atoms. The van der Waals surface area contributed by atoms with Crippen LogP contribution in [0.15, 0.2) is 83.4 Å². The Labute approximate surface area is 209 Å². The van der Waals surface area contributed by atoms with E-state index in [4.69, 9.17) is 21.4 Å². The molecular weight excluding hydrogens is 458 g/mol. The third-order valence-corrected chi connectivity index (χ3v) is 6.70. The second-order valence-corrected chi connectivity index (χ2v) is 8.89. The van der Waals surface area contributed by atoms with Gasteiger partial charge < -0.3 is 19.4 Å². The average Bonchev–Trinajstić information content (AvgIpc) is 3.50. The molecule has 3 heterocycles. The number of hydrogen-bond donors (Lipinski definition) is 1. The molecule has 0 radical (unpaired) electrons. The second-order valence-electron chi connectivity index (χ2n) is 8.50. The van der Waals surface area contributed by atoms with Crippen molar-refractivity contribution in [2.24, 2.45) is 0 Å². The first kappa shape index (κ1) is 22.8. The van der Waals surface area contributed by atoms with Crippen LogP contribution < -0.4 is 10.2 Å². The number of nitrogens with one attached hydrogen (secondary N) is 1. The molecule has 2 atom stereocenters. The Hall–Kier alpha value is -3.97. The molecule has 0 spiro atoms. The molecule has 2 aromatic heterocycles. The Balaban J connectivity index is 1.62. The number of pyridine rings is 1. The predicted octanol–water partition coefficient (Wildman–Crippen LogP) is 5.92. The van der Waals surface area contributed by atoms with Crippen molar-refractivity contribution >= 4 is 29.0 Å². The monoisotopic (exact) mass is 483 g/mol. The molecule has 0 amide bonds. The predicted molar refractivity (Wildman–Crippen MR) is 139 cm³/mol. The number of methoxy groups -OCH3 is 1. The minimum Gasteiger partial charge on any atom is -0.465 e. The van der Waals surface area contributed by atoms with Crippen LogP contribution in [-0.2, 0) is 4.74 Å². The fourth-order valence-electron chi connectivity index (χ4n) is 4.44. The van der Waals surface area contributed by atoms with Crippen molar-refractivity contribution in [3.8, 4) is 11.3 Å². The van der Waals surface area contributed by atoms with Crippen LogP contribution >= 0.6 is 12.2 Å². The van der Waals surface area contributed by atoms with Gasteiger partial charge in [-0.05, 0) is 79.7 Å². The molecule has 176 valence electrons. The fourth-order valence-corrected chi connectivity index (χ4v) is 4.79. The molecule has 0 saturated carbocycles. The lowest BCUT2D eigenvalue weighted by Crippen LogP contribution is -2.29. The molecule has 1 fully saturated rings. The van der Waals surface area contributed by atoms with Crippen molar-refractivity contribution < 1.29 is 13.9 Å². The highest BCUT2D eigenvalue weighted by Crippen LogP contribution is 2.43. The van der Waals surface area contributed by atoms with E-state index in [1.165, 1.54) is 18.2 Å². The summed E-state index contributed by atoms with van der Waals surface area (Å²) in [6.45, 7) is 4.18. The van der Waals surface area contributed by atoms with E-state index in [1.54, 1.807) is 18.3 Å². The first-order valence-corrected chi connectivity index (χ1v) is 11.7. The number of ether oxygens (including phenoxy) is 1. The lowest BCUT2D eigenvalue weighted by Gasteiger charge is -2.26. The van der Waals surface area contributed by atoms with E-state index in [2.05, 4.69) is 47.2 Å². The lowest BCUT2D eigenvalue weighted by molar-refractivity contribution is 0.0601. The Kier molecular flexibility index (Phi) is 6.09. The molecule has 1 aliphatic heterocycles. The van der Waals surface area contributed by atoms with Crippen LogP contribution in [0.1, 0.15) is 45.0 Å². The Morgan fingerprint density at radius 1 is 1.03 bits per heavy atom. The number of rotatable bonds is 5. The van der Waals surface area contributed by atoms with Gasteiger partial charge in [0.1, 0.15) is 17.6 Å². The number of benzene rings is 2. The Morgan fingerprint density at radius 2 is 1.83 bits per heavy atom. The number of aryl methyl sites for hydroxylation is 2. The highest BCUT2D eigenvalue weighted by Gasteiger charge is 2.42. The maximum Gasteiger partial charge on any atom is 0.338 e. The normalized spacial score (nSPS) is 17.3. The number of esters is 1. The summed E-state index contributed by atoms with van der Waals surface area (Å²) in [5.41, 5.74) is 5.34. The molecule has 2 aromatic carbocycles. The van der Waals surface area contributed by atoms with E-state index in [9.17, 15) is 4.79 Å². The van der Waals surface area contributed by atoms with E-state index in [1.807, 2.05) is 42.5 Å². The number of aromatic nitrogens is 1. The molecule has 1 saturated heterocycles. The number of carbonyl (C=O) groups is 1. The summed E-state index contributed by atoms with van der Waals surface area (Å²) in [6.07, 6.45) is 1.77. The molecule has 0 aliphatic carbocycles. The number of nitrogens with zero attached hydrogens (tertiary/aromatic N) is 2. The van der Waals surface area contributed by atoms with Gasteiger partial charge >= 0.3 is 5.97 Å². The maximum absolute atomic E-state index is 12.3. The van der Waals surface area contributed by atoms with E-state index in [-0.39, 0.29) is 12.1 Å². The van der Waals surface area contributed by atoms with E-state index < -0.39 is 5.97 Å². The van der Waals surface area contributed by atoms with Gasteiger partial charge in [-0.15, -0.1) is 0 Å². The van der Waals surface area contributed by atoms with Gasteiger partial charge in [0.15, 0.2) is 5.11 Å².